The predicted molar refractivity (Wildman–Crippen MR) is 54.7 cm³/mol. The first-order valence-corrected chi connectivity index (χ1v) is 4.48. The standard InChI is InChI=1S/C12H15/c1-2-4-6-8-10-12-11-9-7-5-3-1/h1-9H,10-12H2/b2-1+,5-3-,8-6+,9-7+. The van der Waals surface area contributed by atoms with Gasteiger partial charge in [-0.05, 0) is 19.3 Å². The lowest BCUT2D eigenvalue weighted by Crippen LogP contribution is -1.70. The van der Waals surface area contributed by atoms with Gasteiger partial charge in [0.2, 0.25) is 0 Å². The second-order valence-corrected chi connectivity index (χ2v) is 2.75. The zero-order valence-corrected chi connectivity index (χ0v) is 7.32. The lowest BCUT2D eigenvalue weighted by Gasteiger charge is -1.90. The van der Waals surface area contributed by atoms with Crippen LogP contribution in [0.1, 0.15) is 19.3 Å². The molecule has 0 aromatic rings. The van der Waals surface area contributed by atoms with E-state index in [9.17, 15) is 0 Å². The Morgan fingerprint density at radius 2 is 1.25 bits per heavy atom. The summed E-state index contributed by atoms with van der Waals surface area (Å²) in [7, 11) is 0. The highest BCUT2D eigenvalue weighted by Gasteiger charge is 1.80. The normalized spacial score (nSPS) is 29.3. The van der Waals surface area contributed by atoms with Crippen molar-refractivity contribution in [1.29, 1.82) is 0 Å². The van der Waals surface area contributed by atoms with Gasteiger partial charge in [0.1, 0.15) is 0 Å². The van der Waals surface area contributed by atoms with Crippen molar-refractivity contribution in [3.63, 3.8) is 0 Å². The molecule has 0 aromatic heterocycles. The zero-order valence-electron chi connectivity index (χ0n) is 7.32. The van der Waals surface area contributed by atoms with Crippen molar-refractivity contribution in [3.05, 3.63) is 55.0 Å². The monoisotopic (exact) mass is 159 g/mol. The van der Waals surface area contributed by atoms with Gasteiger partial charge in [0.05, 0.1) is 0 Å². The molecule has 0 heterocycles. The Balaban J connectivity index is 2.42. The molecule has 0 unspecified atom stereocenters. The second kappa shape index (κ2) is 6.66. The third-order valence-electron chi connectivity index (χ3n) is 1.68. The highest BCUT2D eigenvalue weighted by atomic mass is 13.9. The van der Waals surface area contributed by atoms with Crippen molar-refractivity contribution in [3.8, 4) is 0 Å². The van der Waals surface area contributed by atoms with E-state index < -0.39 is 0 Å². The van der Waals surface area contributed by atoms with Gasteiger partial charge in [-0.25, -0.2) is 0 Å². The Bertz CT molecular complexity index is 204. The molecular weight excluding hydrogens is 144 g/mol. The summed E-state index contributed by atoms with van der Waals surface area (Å²) >= 11 is 0. The van der Waals surface area contributed by atoms with Crippen molar-refractivity contribution < 1.29 is 0 Å². The van der Waals surface area contributed by atoms with E-state index >= 15 is 0 Å². The molecule has 0 nitrogen and oxygen atoms in total. The molecule has 0 amide bonds. The summed E-state index contributed by atoms with van der Waals surface area (Å²) in [6.07, 6.45) is 22.5. The van der Waals surface area contributed by atoms with E-state index in [0.717, 1.165) is 0 Å². The third kappa shape index (κ3) is 4.73. The van der Waals surface area contributed by atoms with Crippen molar-refractivity contribution in [2.24, 2.45) is 0 Å². The van der Waals surface area contributed by atoms with Crippen molar-refractivity contribution in [2.75, 3.05) is 0 Å². The minimum Gasteiger partial charge on any atom is -0.0879 e. The summed E-state index contributed by atoms with van der Waals surface area (Å²) in [5.74, 6) is 0. The number of hydrogen-bond donors (Lipinski definition) is 0. The molecular formula is C12H15. The Hall–Kier alpha value is -1.04. The lowest BCUT2D eigenvalue weighted by molar-refractivity contribution is 0.868. The molecule has 1 radical (unpaired) electrons. The molecule has 1 aliphatic carbocycles. The Kier molecular flexibility index (Phi) is 5.02. The van der Waals surface area contributed by atoms with E-state index in [1.54, 1.807) is 0 Å². The van der Waals surface area contributed by atoms with E-state index in [1.165, 1.54) is 19.3 Å². The van der Waals surface area contributed by atoms with Crippen LogP contribution in [0.15, 0.2) is 48.6 Å². The maximum atomic E-state index is 2.21. The van der Waals surface area contributed by atoms with Gasteiger partial charge in [-0.15, -0.1) is 0 Å². The smallest absolute Gasteiger partial charge is 0.00473 e. The Morgan fingerprint density at radius 3 is 2.17 bits per heavy atom. The average Bonchev–Trinajstić information content (AvgIpc) is 2.05. The zero-order chi connectivity index (χ0) is 8.49. The number of allylic oxidation sites excluding steroid dienone is 8. The van der Waals surface area contributed by atoms with Crippen LogP contribution < -0.4 is 0 Å². The fraction of sp³-hybridized carbons (Fsp3) is 0.250. The van der Waals surface area contributed by atoms with Gasteiger partial charge in [0, 0.05) is 6.42 Å². The van der Waals surface area contributed by atoms with Crippen molar-refractivity contribution >= 4 is 0 Å². The van der Waals surface area contributed by atoms with Crippen LogP contribution in [0.4, 0.5) is 0 Å². The van der Waals surface area contributed by atoms with Crippen LogP contribution in [0.2, 0.25) is 0 Å². The summed E-state index contributed by atoms with van der Waals surface area (Å²) in [4.78, 5) is 0. The molecule has 0 saturated heterocycles. The number of rotatable bonds is 0. The predicted octanol–water partition coefficient (Wildman–Crippen LogP) is 3.60. The van der Waals surface area contributed by atoms with Crippen LogP contribution in [0.5, 0.6) is 0 Å². The molecule has 1 aliphatic rings. The van der Waals surface area contributed by atoms with E-state index in [1.807, 2.05) is 18.2 Å². The molecule has 0 aromatic carbocycles. The molecule has 0 fully saturated rings. The van der Waals surface area contributed by atoms with Crippen LogP contribution >= 0.6 is 0 Å². The van der Waals surface area contributed by atoms with Crippen LogP contribution in [0.25, 0.3) is 0 Å². The van der Waals surface area contributed by atoms with E-state index in [-0.39, 0.29) is 0 Å². The highest BCUT2D eigenvalue weighted by molar-refractivity contribution is 5.17. The fourth-order valence-corrected chi connectivity index (χ4v) is 1.02. The van der Waals surface area contributed by atoms with Gasteiger partial charge < -0.3 is 0 Å². The summed E-state index contributed by atoms with van der Waals surface area (Å²) in [6.45, 7) is 0. The molecule has 0 bridgehead atoms. The fourth-order valence-electron chi connectivity index (χ4n) is 1.02. The summed E-state index contributed by atoms with van der Waals surface area (Å²) in [6, 6.07) is 0. The quantitative estimate of drug-likeness (QED) is 0.506. The molecule has 0 N–H and O–H groups in total. The molecule has 0 saturated carbocycles. The van der Waals surface area contributed by atoms with Gasteiger partial charge in [-0.1, -0.05) is 48.6 Å². The summed E-state index contributed by atoms with van der Waals surface area (Å²) < 4.78 is 0. The first-order valence-electron chi connectivity index (χ1n) is 4.48. The molecule has 1 rings (SSSR count). The minimum absolute atomic E-state index is 1.18. The summed E-state index contributed by atoms with van der Waals surface area (Å²) in [5, 5.41) is 0. The highest BCUT2D eigenvalue weighted by Crippen LogP contribution is 2.00. The molecule has 0 heteroatoms. The van der Waals surface area contributed by atoms with E-state index in [4.69, 9.17) is 0 Å². The van der Waals surface area contributed by atoms with Crippen LogP contribution in [0.3, 0.4) is 0 Å². The largest absolute Gasteiger partial charge is 0.0879 e. The second-order valence-electron chi connectivity index (χ2n) is 2.75. The van der Waals surface area contributed by atoms with Gasteiger partial charge >= 0.3 is 0 Å². The maximum absolute atomic E-state index is 2.21. The molecule has 0 spiro atoms. The average molecular weight is 159 g/mol. The Labute approximate surface area is 75.0 Å². The summed E-state index contributed by atoms with van der Waals surface area (Å²) in [5.41, 5.74) is 0. The van der Waals surface area contributed by atoms with E-state index in [0.29, 0.717) is 0 Å². The van der Waals surface area contributed by atoms with Gasteiger partial charge in [-0.3, -0.25) is 0 Å². The Morgan fingerprint density at radius 1 is 0.583 bits per heavy atom. The topological polar surface area (TPSA) is 0 Å². The first-order chi connectivity index (χ1) is 6.00. The first kappa shape index (κ1) is 9.05. The van der Waals surface area contributed by atoms with Crippen LogP contribution in [0, 0.1) is 6.42 Å². The minimum atomic E-state index is 1.18. The molecule has 0 aliphatic heterocycles. The van der Waals surface area contributed by atoms with Gasteiger partial charge in [0.15, 0.2) is 0 Å². The van der Waals surface area contributed by atoms with Gasteiger partial charge in [-0.2, -0.15) is 0 Å². The van der Waals surface area contributed by atoms with Crippen molar-refractivity contribution in [1.82, 2.24) is 0 Å². The molecule has 63 valence electrons. The van der Waals surface area contributed by atoms with E-state index in [2.05, 4.69) is 36.8 Å². The van der Waals surface area contributed by atoms with Crippen LogP contribution in [-0.2, 0) is 0 Å². The van der Waals surface area contributed by atoms with Gasteiger partial charge in [0.25, 0.3) is 0 Å². The number of hydrogen-bond acceptors (Lipinski definition) is 0. The maximum Gasteiger partial charge on any atom is 0.00473 e. The third-order valence-corrected chi connectivity index (χ3v) is 1.68. The SMILES string of the molecule is [CH]1/C=C/C=C\C=C\CCC/C=C/1. The molecule has 12 heavy (non-hydrogen) atoms. The molecule has 0 atom stereocenters. The van der Waals surface area contributed by atoms with Crippen molar-refractivity contribution in [2.45, 2.75) is 19.3 Å². The lowest BCUT2D eigenvalue weighted by atomic mass is 10.2. The van der Waals surface area contributed by atoms with Crippen LogP contribution in [-0.4, -0.2) is 0 Å².